The SMILES string of the molecule is N#Cc1ccc(NC(=O)Cc2ccc(Br)cc2)c(N)c1. The Hall–Kier alpha value is -2.32. The molecule has 0 aliphatic carbocycles. The van der Waals surface area contributed by atoms with Crippen LogP contribution in [-0.2, 0) is 11.2 Å². The Bertz CT molecular complexity index is 675. The van der Waals surface area contributed by atoms with Crippen molar-refractivity contribution in [2.24, 2.45) is 0 Å². The van der Waals surface area contributed by atoms with Gasteiger partial charge in [0.1, 0.15) is 0 Å². The van der Waals surface area contributed by atoms with Gasteiger partial charge in [-0.15, -0.1) is 0 Å². The number of nitrogen functional groups attached to an aromatic ring is 1. The summed E-state index contributed by atoms with van der Waals surface area (Å²) in [6, 6.07) is 14.3. The highest BCUT2D eigenvalue weighted by Crippen LogP contribution is 2.20. The van der Waals surface area contributed by atoms with Gasteiger partial charge in [0.15, 0.2) is 0 Å². The van der Waals surface area contributed by atoms with Crippen molar-refractivity contribution in [2.45, 2.75) is 6.42 Å². The fourth-order valence-electron chi connectivity index (χ4n) is 1.73. The summed E-state index contributed by atoms with van der Waals surface area (Å²) >= 11 is 3.35. The van der Waals surface area contributed by atoms with Gasteiger partial charge in [-0.05, 0) is 35.9 Å². The van der Waals surface area contributed by atoms with Gasteiger partial charge >= 0.3 is 0 Å². The first-order chi connectivity index (χ1) is 9.58. The molecule has 5 heteroatoms. The molecule has 0 radical (unpaired) electrons. The molecule has 0 atom stereocenters. The number of carbonyl (C=O) groups excluding carboxylic acids is 1. The second-order valence-electron chi connectivity index (χ2n) is 4.27. The number of rotatable bonds is 3. The number of nitrogens with two attached hydrogens (primary N) is 1. The van der Waals surface area contributed by atoms with Crippen molar-refractivity contribution in [3.05, 3.63) is 58.1 Å². The summed E-state index contributed by atoms with van der Waals surface area (Å²) in [6.45, 7) is 0. The lowest BCUT2D eigenvalue weighted by Crippen LogP contribution is -2.15. The van der Waals surface area contributed by atoms with Crippen LogP contribution in [0.25, 0.3) is 0 Å². The molecule has 0 heterocycles. The minimum atomic E-state index is -0.149. The molecule has 3 N–H and O–H groups in total. The summed E-state index contributed by atoms with van der Waals surface area (Å²) in [5.74, 6) is -0.149. The van der Waals surface area contributed by atoms with Crippen LogP contribution in [0.1, 0.15) is 11.1 Å². The van der Waals surface area contributed by atoms with Gasteiger partial charge in [-0.2, -0.15) is 5.26 Å². The molecule has 2 aromatic rings. The molecule has 0 saturated carbocycles. The first kappa shape index (κ1) is 14.1. The van der Waals surface area contributed by atoms with Crippen molar-refractivity contribution in [3.8, 4) is 6.07 Å². The normalized spacial score (nSPS) is 9.80. The van der Waals surface area contributed by atoms with Crippen LogP contribution in [0.4, 0.5) is 11.4 Å². The van der Waals surface area contributed by atoms with Gasteiger partial charge in [0.2, 0.25) is 5.91 Å². The van der Waals surface area contributed by atoms with Crippen molar-refractivity contribution < 1.29 is 4.79 Å². The molecule has 4 nitrogen and oxygen atoms in total. The average molecular weight is 330 g/mol. The molecule has 100 valence electrons. The number of hydrogen-bond acceptors (Lipinski definition) is 3. The third kappa shape index (κ3) is 3.59. The Morgan fingerprint density at radius 2 is 1.95 bits per heavy atom. The molecule has 0 bridgehead atoms. The van der Waals surface area contributed by atoms with E-state index in [4.69, 9.17) is 11.0 Å². The van der Waals surface area contributed by atoms with Crippen LogP contribution in [0.5, 0.6) is 0 Å². The molecule has 2 aromatic carbocycles. The highest BCUT2D eigenvalue weighted by Gasteiger charge is 2.07. The van der Waals surface area contributed by atoms with Gasteiger partial charge in [-0.25, -0.2) is 0 Å². The first-order valence-corrected chi connectivity index (χ1v) is 6.71. The van der Waals surface area contributed by atoms with Crippen LogP contribution >= 0.6 is 15.9 Å². The summed E-state index contributed by atoms with van der Waals surface area (Å²) < 4.78 is 0.970. The van der Waals surface area contributed by atoms with E-state index in [-0.39, 0.29) is 12.3 Å². The van der Waals surface area contributed by atoms with Crippen molar-refractivity contribution in [2.75, 3.05) is 11.1 Å². The van der Waals surface area contributed by atoms with Crippen LogP contribution in [0.2, 0.25) is 0 Å². The van der Waals surface area contributed by atoms with Crippen molar-refractivity contribution in [1.29, 1.82) is 5.26 Å². The number of amides is 1. The van der Waals surface area contributed by atoms with E-state index in [0.29, 0.717) is 16.9 Å². The second kappa shape index (κ2) is 6.22. The largest absolute Gasteiger partial charge is 0.397 e. The zero-order chi connectivity index (χ0) is 14.5. The summed E-state index contributed by atoms with van der Waals surface area (Å²) in [5.41, 5.74) is 8.07. The lowest BCUT2D eigenvalue weighted by molar-refractivity contribution is -0.115. The monoisotopic (exact) mass is 329 g/mol. The smallest absolute Gasteiger partial charge is 0.228 e. The van der Waals surface area contributed by atoms with E-state index in [9.17, 15) is 4.79 Å². The second-order valence-corrected chi connectivity index (χ2v) is 5.18. The third-order valence-electron chi connectivity index (χ3n) is 2.73. The van der Waals surface area contributed by atoms with Crippen LogP contribution in [0.15, 0.2) is 46.9 Å². The summed E-state index contributed by atoms with van der Waals surface area (Å²) in [7, 11) is 0. The Balaban J connectivity index is 2.05. The number of anilines is 2. The van der Waals surface area contributed by atoms with Crippen molar-refractivity contribution in [1.82, 2.24) is 0 Å². The molecule has 0 aromatic heterocycles. The van der Waals surface area contributed by atoms with Crippen molar-refractivity contribution >= 4 is 33.2 Å². The lowest BCUT2D eigenvalue weighted by Gasteiger charge is -2.08. The van der Waals surface area contributed by atoms with Gasteiger partial charge in [0.05, 0.1) is 29.4 Å². The van der Waals surface area contributed by atoms with E-state index in [2.05, 4.69) is 21.2 Å². The Morgan fingerprint density at radius 1 is 1.25 bits per heavy atom. The predicted octanol–water partition coefficient (Wildman–Crippen LogP) is 3.08. The van der Waals surface area contributed by atoms with E-state index in [1.54, 1.807) is 12.1 Å². The summed E-state index contributed by atoms with van der Waals surface area (Å²) in [4.78, 5) is 11.9. The molecular weight excluding hydrogens is 318 g/mol. The highest BCUT2D eigenvalue weighted by atomic mass is 79.9. The standard InChI is InChI=1S/C15H12BrN3O/c16-12-4-1-10(2-5-12)8-15(20)19-14-6-3-11(9-17)7-13(14)18/h1-7H,8,18H2,(H,19,20). The predicted molar refractivity (Wildman–Crippen MR) is 82.0 cm³/mol. The van der Waals surface area contributed by atoms with E-state index < -0.39 is 0 Å². The minimum Gasteiger partial charge on any atom is -0.397 e. The maximum Gasteiger partial charge on any atom is 0.228 e. The number of nitriles is 1. The molecule has 0 saturated heterocycles. The number of nitrogens with one attached hydrogen (secondary N) is 1. The highest BCUT2D eigenvalue weighted by molar-refractivity contribution is 9.10. The van der Waals surface area contributed by atoms with Gasteiger partial charge in [0, 0.05) is 4.47 Å². The number of halogens is 1. The lowest BCUT2D eigenvalue weighted by atomic mass is 10.1. The van der Waals surface area contributed by atoms with E-state index >= 15 is 0 Å². The molecule has 2 rings (SSSR count). The van der Waals surface area contributed by atoms with Crippen LogP contribution in [0, 0.1) is 11.3 Å². The van der Waals surface area contributed by atoms with Gasteiger partial charge in [-0.1, -0.05) is 28.1 Å². The van der Waals surface area contributed by atoms with Gasteiger partial charge < -0.3 is 11.1 Å². The molecule has 0 spiro atoms. The molecule has 1 amide bonds. The van der Waals surface area contributed by atoms with Crippen LogP contribution in [-0.4, -0.2) is 5.91 Å². The fraction of sp³-hybridized carbons (Fsp3) is 0.0667. The molecular formula is C15H12BrN3O. The number of carbonyl (C=O) groups is 1. The Kier molecular flexibility index (Phi) is 4.38. The molecule has 0 aliphatic rings. The molecule has 20 heavy (non-hydrogen) atoms. The van der Waals surface area contributed by atoms with Crippen molar-refractivity contribution in [3.63, 3.8) is 0 Å². The topological polar surface area (TPSA) is 78.9 Å². The minimum absolute atomic E-state index is 0.149. The number of hydrogen-bond donors (Lipinski definition) is 2. The zero-order valence-electron chi connectivity index (χ0n) is 10.6. The maximum absolute atomic E-state index is 11.9. The van der Waals surface area contributed by atoms with E-state index in [1.807, 2.05) is 30.3 Å². The average Bonchev–Trinajstić information content (AvgIpc) is 2.43. The summed E-state index contributed by atoms with van der Waals surface area (Å²) in [5, 5.41) is 11.5. The zero-order valence-corrected chi connectivity index (χ0v) is 12.1. The quantitative estimate of drug-likeness (QED) is 0.849. The third-order valence-corrected chi connectivity index (χ3v) is 3.26. The Morgan fingerprint density at radius 3 is 2.55 bits per heavy atom. The Labute approximate surface area is 125 Å². The van der Waals surface area contributed by atoms with Crippen LogP contribution in [0.3, 0.4) is 0 Å². The maximum atomic E-state index is 11.9. The number of nitrogens with zero attached hydrogens (tertiary/aromatic N) is 1. The van der Waals surface area contributed by atoms with Gasteiger partial charge in [0.25, 0.3) is 0 Å². The van der Waals surface area contributed by atoms with Crippen LogP contribution < -0.4 is 11.1 Å². The molecule has 0 unspecified atom stereocenters. The van der Waals surface area contributed by atoms with Gasteiger partial charge in [-0.3, -0.25) is 4.79 Å². The molecule has 0 fully saturated rings. The van der Waals surface area contributed by atoms with E-state index in [0.717, 1.165) is 10.0 Å². The summed E-state index contributed by atoms with van der Waals surface area (Å²) in [6.07, 6.45) is 0.271. The fourth-order valence-corrected chi connectivity index (χ4v) is 1.99. The van der Waals surface area contributed by atoms with E-state index in [1.165, 1.54) is 6.07 Å². The first-order valence-electron chi connectivity index (χ1n) is 5.92. The number of benzene rings is 2. The molecule has 0 aliphatic heterocycles.